The van der Waals surface area contributed by atoms with Crippen LogP contribution in [0.15, 0.2) is 176 Å². The molecule has 268 valence electrons. The fourth-order valence-electron chi connectivity index (χ4n) is 7.90. The molecule has 0 saturated carbocycles. The van der Waals surface area contributed by atoms with Crippen molar-refractivity contribution in [2.24, 2.45) is 0 Å². The minimum absolute atomic E-state index is 0.625. The van der Waals surface area contributed by atoms with E-state index >= 15 is 0 Å². The molecule has 7 aromatic carbocycles. The number of aryl methyl sites for hydroxylation is 1. The molecule has 0 fully saturated rings. The van der Waals surface area contributed by atoms with Crippen LogP contribution in [0, 0.1) is 6.92 Å². The second-order valence-corrected chi connectivity index (χ2v) is 16.5. The van der Waals surface area contributed by atoms with Gasteiger partial charge in [0.2, 0.25) is 0 Å². The average molecular weight is 765 g/mol. The summed E-state index contributed by atoms with van der Waals surface area (Å²) in [6.07, 6.45) is 3.70. The van der Waals surface area contributed by atoms with Gasteiger partial charge < -0.3 is 0 Å². The lowest BCUT2D eigenvalue weighted by molar-refractivity contribution is 1.07. The maximum atomic E-state index is 5.25. The third-order valence-electron chi connectivity index (χ3n) is 10.7. The predicted molar refractivity (Wildman–Crippen MR) is 241 cm³/mol. The summed E-state index contributed by atoms with van der Waals surface area (Å²) < 4.78 is 5.16. The standard InChI is InChI=1S/C51H32N4S2/c1-31-24-35(17-20-40(31)36-12-9-23-52-30-36)50-53-49(32-10-3-2-4-11-32)54-51(55-50)39-26-37(33-18-21-47-43(28-33)41-13-5-7-15-45(41)56-47)25-38(27-39)34-19-22-48-44(29-34)42-14-6-8-16-46(42)57-48/h2-30H,1H3. The minimum atomic E-state index is 0.625. The maximum absolute atomic E-state index is 5.25. The fraction of sp³-hybridized carbons (Fsp3) is 0.0196. The molecule has 4 nitrogen and oxygen atoms in total. The molecule has 0 radical (unpaired) electrons. The van der Waals surface area contributed by atoms with Crippen molar-refractivity contribution in [1.82, 2.24) is 19.9 Å². The van der Waals surface area contributed by atoms with Crippen LogP contribution in [-0.2, 0) is 0 Å². The van der Waals surface area contributed by atoms with Gasteiger partial charge in [0.15, 0.2) is 17.5 Å². The second kappa shape index (κ2) is 13.7. The summed E-state index contributed by atoms with van der Waals surface area (Å²) in [5, 5.41) is 5.10. The number of hydrogen-bond acceptors (Lipinski definition) is 6. The largest absolute Gasteiger partial charge is 0.264 e. The van der Waals surface area contributed by atoms with Crippen molar-refractivity contribution in [3.63, 3.8) is 0 Å². The lowest BCUT2D eigenvalue weighted by Crippen LogP contribution is -2.01. The minimum Gasteiger partial charge on any atom is -0.264 e. The van der Waals surface area contributed by atoms with E-state index in [0.29, 0.717) is 17.5 Å². The quantitative estimate of drug-likeness (QED) is 0.169. The smallest absolute Gasteiger partial charge is 0.164 e. The van der Waals surface area contributed by atoms with E-state index < -0.39 is 0 Å². The van der Waals surface area contributed by atoms with Gasteiger partial charge in [-0.1, -0.05) is 97.1 Å². The number of aromatic nitrogens is 4. The molecule has 0 bridgehead atoms. The molecule has 0 amide bonds. The van der Waals surface area contributed by atoms with E-state index in [9.17, 15) is 0 Å². The Morgan fingerprint density at radius 2 is 0.860 bits per heavy atom. The SMILES string of the molecule is Cc1cc(-c2nc(-c3ccccc3)nc(-c3cc(-c4ccc5sc6ccccc6c5c4)cc(-c4ccc5sc6ccccc6c5c4)c3)n2)ccc1-c1cccnc1. The highest BCUT2D eigenvalue weighted by Crippen LogP contribution is 2.41. The molecule has 57 heavy (non-hydrogen) atoms. The summed E-state index contributed by atoms with van der Waals surface area (Å²) in [6.45, 7) is 2.13. The van der Waals surface area contributed by atoms with Crippen LogP contribution in [0.3, 0.4) is 0 Å². The molecule has 0 aliphatic rings. The van der Waals surface area contributed by atoms with Crippen LogP contribution in [-0.4, -0.2) is 19.9 Å². The zero-order valence-corrected chi connectivity index (χ0v) is 32.5. The highest BCUT2D eigenvalue weighted by atomic mass is 32.1. The number of nitrogens with zero attached hydrogens (tertiary/aromatic N) is 4. The molecule has 11 rings (SSSR count). The molecular weight excluding hydrogens is 733 g/mol. The van der Waals surface area contributed by atoms with Crippen molar-refractivity contribution in [3.8, 4) is 67.5 Å². The van der Waals surface area contributed by atoms with Crippen LogP contribution >= 0.6 is 22.7 Å². The van der Waals surface area contributed by atoms with Crippen molar-refractivity contribution >= 4 is 63.0 Å². The van der Waals surface area contributed by atoms with Crippen LogP contribution in [0.1, 0.15) is 5.56 Å². The molecule has 0 N–H and O–H groups in total. The van der Waals surface area contributed by atoms with Gasteiger partial charge in [-0.25, -0.2) is 15.0 Å². The van der Waals surface area contributed by atoms with Gasteiger partial charge in [-0.2, -0.15) is 0 Å². The zero-order valence-electron chi connectivity index (χ0n) is 30.8. The maximum Gasteiger partial charge on any atom is 0.164 e. The van der Waals surface area contributed by atoms with Crippen LogP contribution in [0.2, 0.25) is 0 Å². The van der Waals surface area contributed by atoms with Crippen molar-refractivity contribution in [2.75, 3.05) is 0 Å². The Morgan fingerprint density at radius 1 is 0.351 bits per heavy atom. The molecule has 0 spiro atoms. The lowest BCUT2D eigenvalue weighted by Gasteiger charge is -2.13. The number of thiophene rings is 2. The Kier molecular flexibility index (Phi) is 8.05. The third kappa shape index (κ3) is 6.07. The van der Waals surface area contributed by atoms with Gasteiger partial charge in [0.25, 0.3) is 0 Å². The van der Waals surface area contributed by atoms with Crippen LogP contribution < -0.4 is 0 Å². The highest BCUT2D eigenvalue weighted by molar-refractivity contribution is 7.26. The third-order valence-corrected chi connectivity index (χ3v) is 13.0. The molecule has 0 atom stereocenters. The van der Waals surface area contributed by atoms with E-state index in [1.54, 1.807) is 6.20 Å². The van der Waals surface area contributed by atoms with Crippen LogP contribution in [0.5, 0.6) is 0 Å². The van der Waals surface area contributed by atoms with Crippen molar-refractivity contribution in [3.05, 3.63) is 182 Å². The summed E-state index contributed by atoms with van der Waals surface area (Å²) in [7, 11) is 0. The number of rotatable bonds is 6. The molecule has 4 heterocycles. The molecule has 0 unspecified atom stereocenters. The van der Waals surface area contributed by atoms with Crippen LogP contribution in [0.25, 0.3) is 108 Å². The van der Waals surface area contributed by atoms with E-state index in [1.165, 1.54) is 40.3 Å². The van der Waals surface area contributed by atoms with E-state index in [2.05, 4.69) is 151 Å². The first-order valence-corrected chi connectivity index (χ1v) is 20.6. The molecule has 4 aromatic heterocycles. The number of fused-ring (bicyclic) bond motifs is 6. The molecule has 11 aromatic rings. The Hall–Kier alpha value is -6.86. The Labute approximate surface area is 337 Å². The van der Waals surface area contributed by atoms with Crippen molar-refractivity contribution < 1.29 is 0 Å². The first-order chi connectivity index (χ1) is 28.1. The van der Waals surface area contributed by atoms with Gasteiger partial charge in [0, 0.05) is 75.0 Å². The zero-order chi connectivity index (χ0) is 37.9. The molecule has 6 heteroatoms. The first kappa shape index (κ1) is 33.5. The monoisotopic (exact) mass is 764 g/mol. The van der Waals surface area contributed by atoms with Crippen LogP contribution in [0.4, 0.5) is 0 Å². The fourth-order valence-corrected chi connectivity index (χ4v) is 10.1. The molecule has 0 aliphatic carbocycles. The van der Waals surface area contributed by atoms with E-state index in [4.69, 9.17) is 15.0 Å². The Bertz CT molecular complexity index is 3180. The topological polar surface area (TPSA) is 51.6 Å². The summed E-state index contributed by atoms with van der Waals surface area (Å²) in [4.78, 5) is 19.9. The van der Waals surface area contributed by atoms with Gasteiger partial charge in [0.1, 0.15) is 0 Å². The lowest BCUT2D eigenvalue weighted by atomic mass is 9.94. The summed E-state index contributed by atoms with van der Waals surface area (Å²) in [5.74, 6) is 1.89. The van der Waals surface area contributed by atoms with Gasteiger partial charge >= 0.3 is 0 Å². The summed E-state index contributed by atoms with van der Waals surface area (Å²) >= 11 is 3.68. The first-order valence-electron chi connectivity index (χ1n) is 18.9. The number of hydrogen-bond donors (Lipinski definition) is 0. The average Bonchev–Trinajstić information content (AvgIpc) is 3.84. The van der Waals surface area contributed by atoms with Crippen molar-refractivity contribution in [2.45, 2.75) is 6.92 Å². The van der Waals surface area contributed by atoms with Gasteiger partial charge in [-0.3, -0.25) is 4.98 Å². The number of benzene rings is 7. The van der Waals surface area contributed by atoms with Crippen molar-refractivity contribution in [1.29, 1.82) is 0 Å². The van der Waals surface area contributed by atoms with E-state index in [-0.39, 0.29) is 0 Å². The Balaban J connectivity index is 1.12. The highest BCUT2D eigenvalue weighted by Gasteiger charge is 2.17. The number of pyridine rings is 1. The summed E-state index contributed by atoms with van der Waals surface area (Å²) in [5.41, 5.74) is 10.6. The van der Waals surface area contributed by atoms with Gasteiger partial charge in [0.05, 0.1) is 0 Å². The van der Waals surface area contributed by atoms with Gasteiger partial charge in [-0.15, -0.1) is 22.7 Å². The summed E-state index contributed by atoms with van der Waals surface area (Å²) in [6, 6.07) is 58.5. The van der Waals surface area contributed by atoms with E-state index in [0.717, 1.165) is 55.6 Å². The molecular formula is C51H32N4S2. The Morgan fingerprint density at radius 3 is 1.46 bits per heavy atom. The second-order valence-electron chi connectivity index (χ2n) is 14.4. The molecule has 0 saturated heterocycles. The molecule has 0 aliphatic heterocycles. The van der Waals surface area contributed by atoms with Gasteiger partial charge in [-0.05, 0) is 107 Å². The normalized spacial score (nSPS) is 11.6. The van der Waals surface area contributed by atoms with E-state index in [1.807, 2.05) is 53.1 Å². The predicted octanol–water partition coefficient (Wildman–Crippen LogP) is 14.3.